The molecule has 36 heavy (non-hydrogen) atoms. The number of ether oxygens (including phenoxy) is 3. The lowest BCUT2D eigenvalue weighted by Gasteiger charge is -2.33. The molecule has 1 saturated heterocycles. The largest absolute Gasteiger partial charge is 0.497 e. The second-order valence-electron chi connectivity index (χ2n) is 10.0. The Morgan fingerprint density at radius 2 is 1.58 bits per heavy atom. The van der Waals surface area contributed by atoms with Crippen LogP contribution in [0.5, 0.6) is 23.1 Å². The first-order chi connectivity index (χ1) is 17.5. The molecule has 5 rings (SSSR count). The van der Waals surface area contributed by atoms with Crippen LogP contribution in [0.2, 0.25) is 0 Å². The van der Waals surface area contributed by atoms with Gasteiger partial charge in [0.05, 0.1) is 25.5 Å². The molecule has 0 unspecified atom stereocenters. The Bertz CT molecular complexity index is 1170. The summed E-state index contributed by atoms with van der Waals surface area (Å²) < 4.78 is 17.4. The van der Waals surface area contributed by atoms with E-state index in [0.717, 1.165) is 85.1 Å². The maximum Gasteiger partial charge on any atom is 0.228 e. The van der Waals surface area contributed by atoms with Crippen molar-refractivity contribution in [3.05, 3.63) is 64.8 Å². The van der Waals surface area contributed by atoms with Crippen LogP contribution >= 0.6 is 0 Å². The minimum Gasteiger partial charge on any atom is -0.497 e. The molecule has 0 saturated carbocycles. The molecule has 1 aromatic heterocycles. The van der Waals surface area contributed by atoms with Crippen LogP contribution in [-0.4, -0.2) is 48.7 Å². The molecule has 1 fully saturated rings. The normalized spacial score (nSPS) is 16.5. The number of aryl methyl sites for hydroxylation is 1. The van der Waals surface area contributed by atoms with E-state index >= 15 is 0 Å². The number of nitrogens with zero attached hydrogens (tertiary/aromatic N) is 4. The fraction of sp³-hybridized carbons (Fsp3) is 0.448. The van der Waals surface area contributed by atoms with Gasteiger partial charge in [-0.15, -0.1) is 0 Å². The molecule has 0 amide bonds. The van der Waals surface area contributed by atoms with Crippen molar-refractivity contribution >= 4 is 5.95 Å². The van der Waals surface area contributed by atoms with Crippen molar-refractivity contribution in [3.63, 3.8) is 0 Å². The molecule has 0 radical (unpaired) electrons. The molecular weight excluding hydrogens is 452 g/mol. The quantitative estimate of drug-likeness (QED) is 0.442. The lowest BCUT2D eigenvalue weighted by molar-refractivity contribution is 0.237. The van der Waals surface area contributed by atoms with Gasteiger partial charge in [-0.05, 0) is 55.5 Å². The zero-order valence-electron chi connectivity index (χ0n) is 21.8. The van der Waals surface area contributed by atoms with Crippen LogP contribution in [0, 0.1) is 12.8 Å². The molecule has 0 aliphatic carbocycles. The highest BCUT2D eigenvalue weighted by molar-refractivity contribution is 5.44. The van der Waals surface area contributed by atoms with Crippen LogP contribution in [0.1, 0.15) is 42.1 Å². The monoisotopic (exact) mass is 488 g/mol. The number of piperidine rings is 1. The van der Waals surface area contributed by atoms with E-state index in [4.69, 9.17) is 24.2 Å². The predicted molar refractivity (Wildman–Crippen MR) is 141 cm³/mol. The van der Waals surface area contributed by atoms with Crippen LogP contribution in [0.4, 0.5) is 5.95 Å². The topological polar surface area (TPSA) is 60.0 Å². The van der Waals surface area contributed by atoms with Gasteiger partial charge in [-0.25, -0.2) is 4.98 Å². The summed E-state index contributed by atoms with van der Waals surface area (Å²) in [7, 11) is 3.37. The number of rotatable bonds is 7. The Kier molecular flexibility index (Phi) is 7.28. The van der Waals surface area contributed by atoms with Gasteiger partial charge >= 0.3 is 0 Å². The van der Waals surface area contributed by atoms with E-state index in [1.54, 1.807) is 14.2 Å². The molecule has 3 heterocycles. The van der Waals surface area contributed by atoms with Crippen molar-refractivity contribution in [2.45, 2.75) is 46.2 Å². The van der Waals surface area contributed by atoms with Crippen LogP contribution < -0.4 is 19.1 Å². The second-order valence-corrected chi connectivity index (χ2v) is 10.0. The minimum absolute atomic E-state index is 0.672. The van der Waals surface area contributed by atoms with Crippen molar-refractivity contribution in [3.8, 4) is 23.1 Å². The summed E-state index contributed by atoms with van der Waals surface area (Å²) in [4.78, 5) is 14.7. The Labute approximate surface area is 214 Å². The molecule has 3 aromatic rings. The summed E-state index contributed by atoms with van der Waals surface area (Å²) in [6.45, 7) is 8.82. The standard InChI is InChI=1S/C29H36N4O3/c1-20-5-7-23(8-6-20)36-28-26-19-32(18-22-15-24(34-3)17-25(16-22)35-4)12-11-27(26)30-29(31-28)33-13-9-21(2)10-14-33/h5-8,15-17,21H,9-14,18-19H2,1-4H3. The first-order valence-electron chi connectivity index (χ1n) is 12.8. The fourth-order valence-corrected chi connectivity index (χ4v) is 4.93. The average Bonchev–Trinajstić information content (AvgIpc) is 2.90. The Balaban J connectivity index is 1.43. The van der Waals surface area contributed by atoms with Crippen molar-refractivity contribution in [2.75, 3.05) is 38.8 Å². The van der Waals surface area contributed by atoms with Gasteiger partial charge in [0, 0.05) is 45.2 Å². The second kappa shape index (κ2) is 10.7. The van der Waals surface area contributed by atoms with Crippen molar-refractivity contribution < 1.29 is 14.2 Å². The number of aromatic nitrogens is 2. The van der Waals surface area contributed by atoms with Crippen LogP contribution in [0.25, 0.3) is 0 Å². The van der Waals surface area contributed by atoms with E-state index < -0.39 is 0 Å². The van der Waals surface area contributed by atoms with E-state index in [9.17, 15) is 0 Å². The molecule has 0 N–H and O–H groups in total. The Hall–Kier alpha value is -3.32. The summed E-state index contributed by atoms with van der Waals surface area (Å²) in [5, 5.41) is 0. The summed E-state index contributed by atoms with van der Waals surface area (Å²) in [5.74, 6) is 4.63. The number of hydrogen-bond donors (Lipinski definition) is 0. The maximum absolute atomic E-state index is 6.41. The van der Waals surface area contributed by atoms with E-state index in [0.29, 0.717) is 5.88 Å². The molecule has 7 nitrogen and oxygen atoms in total. The molecular formula is C29H36N4O3. The summed E-state index contributed by atoms with van der Waals surface area (Å²) in [6, 6.07) is 14.2. The van der Waals surface area contributed by atoms with Gasteiger partial charge in [0.15, 0.2) is 0 Å². The third kappa shape index (κ3) is 5.57. The molecule has 2 aliphatic heterocycles. The van der Waals surface area contributed by atoms with Gasteiger partial charge in [0.1, 0.15) is 17.2 Å². The highest BCUT2D eigenvalue weighted by Gasteiger charge is 2.27. The molecule has 0 bridgehead atoms. The van der Waals surface area contributed by atoms with Gasteiger partial charge in [-0.3, -0.25) is 4.90 Å². The number of hydrogen-bond acceptors (Lipinski definition) is 7. The van der Waals surface area contributed by atoms with E-state index in [1.807, 2.05) is 18.2 Å². The minimum atomic E-state index is 0.672. The van der Waals surface area contributed by atoms with Gasteiger partial charge in [-0.1, -0.05) is 24.6 Å². The van der Waals surface area contributed by atoms with Gasteiger partial charge < -0.3 is 19.1 Å². The smallest absolute Gasteiger partial charge is 0.228 e. The summed E-state index contributed by atoms with van der Waals surface area (Å²) in [6.07, 6.45) is 3.21. The first kappa shape index (κ1) is 24.4. The van der Waals surface area contributed by atoms with E-state index in [-0.39, 0.29) is 0 Å². The Morgan fingerprint density at radius 1 is 0.889 bits per heavy atom. The van der Waals surface area contributed by atoms with E-state index in [1.165, 1.54) is 18.4 Å². The molecule has 2 aromatic carbocycles. The first-order valence-corrected chi connectivity index (χ1v) is 12.8. The third-order valence-electron chi connectivity index (χ3n) is 7.21. The van der Waals surface area contributed by atoms with Crippen molar-refractivity contribution in [1.82, 2.24) is 14.9 Å². The number of methoxy groups -OCH3 is 2. The highest BCUT2D eigenvalue weighted by Crippen LogP contribution is 2.33. The molecule has 0 atom stereocenters. The fourth-order valence-electron chi connectivity index (χ4n) is 4.93. The Morgan fingerprint density at radius 3 is 2.25 bits per heavy atom. The average molecular weight is 489 g/mol. The summed E-state index contributed by atoms with van der Waals surface area (Å²) in [5.41, 5.74) is 4.52. The van der Waals surface area contributed by atoms with Gasteiger partial charge in [0.25, 0.3) is 0 Å². The lowest BCUT2D eigenvalue weighted by Crippen LogP contribution is -2.36. The third-order valence-corrected chi connectivity index (χ3v) is 7.21. The highest BCUT2D eigenvalue weighted by atomic mass is 16.5. The van der Waals surface area contributed by atoms with Crippen molar-refractivity contribution in [1.29, 1.82) is 0 Å². The zero-order chi connectivity index (χ0) is 25.1. The van der Waals surface area contributed by atoms with Crippen molar-refractivity contribution in [2.24, 2.45) is 5.92 Å². The van der Waals surface area contributed by atoms with Gasteiger partial charge in [0.2, 0.25) is 11.8 Å². The zero-order valence-corrected chi connectivity index (χ0v) is 21.8. The molecule has 0 spiro atoms. The number of anilines is 1. The molecule has 2 aliphatic rings. The van der Waals surface area contributed by atoms with Crippen LogP contribution in [-0.2, 0) is 19.5 Å². The van der Waals surface area contributed by atoms with Crippen LogP contribution in [0.3, 0.4) is 0 Å². The number of fused-ring (bicyclic) bond motifs is 1. The van der Waals surface area contributed by atoms with E-state index in [2.05, 4.69) is 47.9 Å². The van der Waals surface area contributed by atoms with Gasteiger partial charge in [-0.2, -0.15) is 4.98 Å². The lowest BCUT2D eigenvalue weighted by atomic mass is 9.99. The van der Waals surface area contributed by atoms with Crippen LogP contribution in [0.15, 0.2) is 42.5 Å². The molecule has 7 heteroatoms. The SMILES string of the molecule is COc1cc(CN2CCc3nc(N4CCC(C)CC4)nc(Oc4ccc(C)cc4)c3C2)cc(OC)c1. The maximum atomic E-state index is 6.41. The number of benzene rings is 2. The summed E-state index contributed by atoms with van der Waals surface area (Å²) >= 11 is 0. The predicted octanol–water partition coefficient (Wildman–Crippen LogP) is 5.39. The molecule has 190 valence electrons.